The maximum absolute atomic E-state index is 12.5. The molecule has 2 heterocycles. The van der Waals surface area contributed by atoms with Crippen LogP contribution in [-0.2, 0) is 4.79 Å². The maximum atomic E-state index is 12.5. The molecule has 1 aromatic carbocycles. The van der Waals surface area contributed by atoms with Crippen molar-refractivity contribution in [3.8, 4) is 11.5 Å². The number of hydrogen-bond acceptors (Lipinski definition) is 7. The van der Waals surface area contributed by atoms with E-state index in [1.807, 2.05) is 30.5 Å². The number of aryl methyl sites for hydroxylation is 1. The first-order valence-corrected chi connectivity index (χ1v) is 9.12. The zero-order valence-electron chi connectivity index (χ0n) is 14.3. The second kappa shape index (κ2) is 7.28. The third-order valence-corrected chi connectivity index (χ3v) is 5.44. The Morgan fingerprint density at radius 3 is 2.72 bits per heavy atom. The zero-order chi connectivity index (χ0) is 18.0. The molecule has 25 heavy (non-hydrogen) atoms. The van der Waals surface area contributed by atoms with Crippen molar-refractivity contribution >= 4 is 45.4 Å². The van der Waals surface area contributed by atoms with Crippen LogP contribution in [0.1, 0.15) is 11.3 Å². The van der Waals surface area contributed by atoms with E-state index in [9.17, 15) is 4.79 Å². The fourth-order valence-electron chi connectivity index (χ4n) is 2.22. The number of aliphatic imine (C=N–C) groups is 1. The Labute approximate surface area is 154 Å². The third kappa shape index (κ3) is 3.69. The molecule has 1 aromatic heterocycles. The van der Waals surface area contributed by atoms with E-state index >= 15 is 0 Å². The van der Waals surface area contributed by atoms with Gasteiger partial charge in [0.05, 0.1) is 24.8 Å². The highest BCUT2D eigenvalue weighted by molar-refractivity contribution is 8.18. The lowest BCUT2D eigenvalue weighted by molar-refractivity contribution is -0.121. The molecule has 3 rings (SSSR count). The van der Waals surface area contributed by atoms with Crippen LogP contribution in [0.4, 0.5) is 5.13 Å². The van der Waals surface area contributed by atoms with Gasteiger partial charge in [-0.3, -0.25) is 9.69 Å². The molecule has 1 amide bonds. The van der Waals surface area contributed by atoms with Gasteiger partial charge in [0.1, 0.15) is 11.5 Å². The summed E-state index contributed by atoms with van der Waals surface area (Å²) in [5.41, 5.74) is 1.69. The predicted octanol–water partition coefficient (Wildman–Crippen LogP) is 3.70. The molecule has 6 nitrogen and oxygen atoms in total. The average Bonchev–Trinajstić information content (AvgIpc) is 3.13. The number of amidine groups is 1. The Hall–Kier alpha value is -2.32. The first kappa shape index (κ1) is 17.5. The number of hydrogen-bond donors (Lipinski definition) is 0. The smallest absolute Gasteiger partial charge is 0.266 e. The lowest BCUT2D eigenvalue weighted by Gasteiger charge is -2.08. The van der Waals surface area contributed by atoms with Gasteiger partial charge in [0.15, 0.2) is 5.17 Å². The molecule has 0 N–H and O–H groups in total. The summed E-state index contributed by atoms with van der Waals surface area (Å²) < 4.78 is 10.6. The van der Waals surface area contributed by atoms with Gasteiger partial charge >= 0.3 is 0 Å². The number of methoxy groups -OCH3 is 2. The van der Waals surface area contributed by atoms with E-state index in [1.54, 1.807) is 27.3 Å². The predicted molar refractivity (Wildman–Crippen MR) is 102 cm³/mol. The van der Waals surface area contributed by atoms with Crippen molar-refractivity contribution in [1.29, 1.82) is 0 Å². The number of thiazole rings is 1. The van der Waals surface area contributed by atoms with Gasteiger partial charge in [-0.05, 0) is 43.0 Å². The summed E-state index contributed by atoms with van der Waals surface area (Å²) in [5, 5.41) is 3.17. The molecule has 0 radical (unpaired) electrons. The lowest BCUT2D eigenvalue weighted by Crippen LogP contribution is -2.23. The van der Waals surface area contributed by atoms with Crippen LogP contribution in [0.5, 0.6) is 11.5 Å². The molecule has 0 aliphatic carbocycles. The zero-order valence-corrected chi connectivity index (χ0v) is 15.9. The van der Waals surface area contributed by atoms with Gasteiger partial charge in [-0.15, -0.1) is 11.3 Å². The summed E-state index contributed by atoms with van der Waals surface area (Å²) >= 11 is 2.77. The second-order valence-corrected chi connectivity index (χ2v) is 7.09. The van der Waals surface area contributed by atoms with E-state index in [4.69, 9.17) is 9.47 Å². The van der Waals surface area contributed by atoms with E-state index in [1.165, 1.54) is 28.0 Å². The lowest BCUT2D eigenvalue weighted by atomic mass is 10.1. The van der Waals surface area contributed by atoms with Gasteiger partial charge in [-0.25, -0.2) is 4.98 Å². The normalized spacial score (nSPS) is 17.6. The molecular formula is C17H17N3O3S2. The molecule has 1 aliphatic heterocycles. The summed E-state index contributed by atoms with van der Waals surface area (Å²) in [6.45, 7) is 1.91. The number of rotatable bonds is 4. The number of ether oxygens (including phenoxy) is 2. The Bertz CT molecular complexity index is 874. The van der Waals surface area contributed by atoms with Crippen molar-refractivity contribution in [2.24, 2.45) is 4.99 Å². The minimum Gasteiger partial charge on any atom is -0.497 e. The van der Waals surface area contributed by atoms with Crippen LogP contribution in [-0.4, -0.2) is 42.2 Å². The van der Waals surface area contributed by atoms with E-state index in [0.717, 1.165) is 11.3 Å². The molecule has 0 unspecified atom stereocenters. The summed E-state index contributed by atoms with van der Waals surface area (Å²) in [6, 6.07) is 5.46. The summed E-state index contributed by atoms with van der Waals surface area (Å²) in [6.07, 6.45) is 1.79. The molecule has 8 heteroatoms. The van der Waals surface area contributed by atoms with Gasteiger partial charge in [0, 0.05) is 18.0 Å². The number of thioether (sulfide) groups is 1. The Balaban J connectivity index is 1.94. The van der Waals surface area contributed by atoms with Crippen molar-refractivity contribution in [2.45, 2.75) is 6.92 Å². The van der Waals surface area contributed by atoms with Crippen LogP contribution in [0.2, 0.25) is 0 Å². The molecule has 0 saturated carbocycles. The molecular weight excluding hydrogens is 358 g/mol. The molecule has 1 saturated heterocycles. The first-order valence-electron chi connectivity index (χ1n) is 7.42. The van der Waals surface area contributed by atoms with Gasteiger partial charge < -0.3 is 9.47 Å². The summed E-state index contributed by atoms with van der Waals surface area (Å²) in [7, 11) is 4.90. The van der Waals surface area contributed by atoms with Crippen LogP contribution in [0, 0.1) is 6.92 Å². The minimum atomic E-state index is -0.109. The van der Waals surface area contributed by atoms with Crippen LogP contribution in [0.25, 0.3) is 6.08 Å². The number of aromatic nitrogens is 1. The van der Waals surface area contributed by atoms with Crippen molar-refractivity contribution in [2.75, 3.05) is 21.3 Å². The second-order valence-electron chi connectivity index (χ2n) is 5.25. The number of amides is 1. The van der Waals surface area contributed by atoms with Crippen LogP contribution >= 0.6 is 23.1 Å². The van der Waals surface area contributed by atoms with Crippen molar-refractivity contribution in [3.63, 3.8) is 0 Å². The fraction of sp³-hybridized carbons (Fsp3) is 0.235. The van der Waals surface area contributed by atoms with Crippen LogP contribution in [0.3, 0.4) is 0 Å². The standard InChI is InChI=1S/C17H17N3O3S2/c1-10-9-24-16(18-10)19-17-20(2)15(21)14(25-17)8-11-7-12(22-3)5-6-13(11)23-4/h5-9H,1-4H3/b14-8-,19-17+. The van der Waals surface area contributed by atoms with E-state index < -0.39 is 0 Å². The minimum absolute atomic E-state index is 0.109. The van der Waals surface area contributed by atoms with Crippen LogP contribution < -0.4 is 9.47 Å². The summed E-state index contributed by atoms with van der Waals surface area (Å²) in [5.74, 6) is 1.26. The molecule has 130 valence electrons. The topological polar surface area (TPSA) is 64.0 Å². The number of carbonyl (C=O) groups excluding carboxylic acids is 1. The Kier molecular flexibility index (Phi) is 5.10. The van der Waals surface area contributed by atoms with Crippen molar-refractivity contribution in [1.82, 2.24) is 9.88 Å². The number of carbonyl (C=O) groups is 1. The summed E-state index contributed by atoms with van der Waals surface area (Å²) in [4.78, 5) is 23.4. The number of likely N-dealkylation sites (N-methyl/N-ethyl adjacent to an activating group) is 1. The van der Waals surface area contributed by atoms with Crippen LogP contribution in [0.15, 0.2) is 33.5 Å². The third-order valence-electron chi connectivity index (χ3n) is 3.53. The maximum Gasteiger partial charge on any atom is 0.266 e. The Morgan fingerprint density at radius 2 is 2.08 bits per heavy atom. The van der Waals surface area contributed by atoms with Gasteiger partial charge in [0.25, 0.3) is 5.91 Å². The van der Waals surface area contributed by atoms with E-state index in [2.05, 4.69) is 9.98 Å². The molecule has 0 spiro atoms. The average molecular weight is 375 g/mol. The highest BCUT2D eigenvalue weighted by atomic mass is 32.2. The largest absolute Gasteiger partial charge is 0.497 e. The fourth-order valence-corrected chi connectivity index (χ4v) is 3.90. The number of benzene rings is 1. The van der Waals surface area contributed by atoms with Gasteiger partial charge in [-0.2, -0.15) is 4.99 Å². The van der Waals surface area contributed by atoms with Crippen molar-refractivity contribution in [3.05, 3.63) is 39.7 Å². The number of nitrogens with zero attached hydrogens (tertiary/aromatic N) is 3. The highest BCUT2D eigenvalue weighted by Gasteiger charge is 2.31. The highest BCUT2D eigenvalue weighted by Crippen LogP contribution is 2.36. The van der Waals surface area contributed by atoms with Crippen molar-refractivity contribution < 1.29 is 14.3 Å². The molecule has 0 atom stereocenters. The quantitative estimate of drug-likeness (QED) is 0.763. The first-order chi connectivity index (χ1) is 12.0. The van der Waals surface area contributed by atoms with Gasteiger partial charge in [0.2, 0.25) is 5.13 Å². The molecule has 2 aromatic rings. The van der Waals surface area contributed by atoms with E-state index in [0.29, 0.717) is 26.7 Å². The van der Waals surface area contributed by atoms with Gasteiger partial charge in [-0.1, -0.05) is 0 Å². The monoisotopic (exact) mass is 375 g/mol. The SMILES string of the molecule is COc1ccc(OC)c(/C=C2\S/C(=N/c3nc(C)cs3)N(C)C2=O)c1. The molecule has 0 bridgehead atoms. The molecule has 1 aliphatic rings. The molecule has 1 fully saturated rings. The van der Waals surface area contributed by atoms with E-state index in [-0.39, 0.29) is 5.91 Å². The Morgan fingerprint density at radius 1 is 1.28 bits per heavy atom.